The van der Waals surface area contributed by atoms with Crippen molar-refractivity contribution in [3.8, 4) is 17.0 Å². The number of hydrogen-bond donors (Lipinski definition) is 1. The topological polar surface area (TPSA) is 77.2 Å². The molecule has 3 aromatic rings. The summed E-state index contributed by atoms with van der Waals surface area (Å²) in [5, 5.41) is 7.78. The van der Waals surface area contributed by atoms with Crippen LogP contribution in [-0.4, -0.2) is 33.1 Å². The number of alkyl halides is 2. The Kier molecular flexibility index (Phi) is 5.57. The first kappa shape index (κ1) is 19.3. The van der Waals surface area contributed by atoms with Gasteiger partial charge in [0.1, 0.15) is 11.4 Å². The largest absolute Gasteiger partial charge is 0.497 e. The summed E-state index contributed by atoms with van der Waals surface area (Å²) >= 11 is 0. The lowest BCUT2D eigenvalue weighted by Crippen LogP contribution is -2.03. The molecule has 28 heavy (non-hydrogen) atoms. The monoisotopic (exact) mass is 390 g/mol. The number of nitrogens with zero attached hydrogens (tertiary/aromatic N) is 5. The molecular weight excluding hydrogens is 373 g/mol. The first-order valence-corrected chi connectivity index (χ1v) is 8.18. The molecule has 0 fully saturated rings. The standard InChI is InChI=1S/C18H17F3N6O/c1-10-13(17(21)27(2)26-10)9-22-25-18-23-14(8-15(24-18)16(19)20)11-5-4-6-12(7-11)28-3/h4-9,16H,1-3H3,(H,23,24,25)/b22-9+. The quantitative estimate of drug-likeness (QED) is 0.513. The summed E-state index contributed by atoms with van der Waals surface area (Å²) in [6.07, 6.45) is -1.60. The SMILES string of the molecule is COc1cccc(-c2cc(C(F)F)nc(N/N=C/c3c(C)nn(C)c3F)n2)c1. The van der Waals surface area contributed by atoms with Crippen molar-refractivity contribution in [2.24, 2.45) is 12.1 Å². The van der Waals surface area contributed by atoms with Gasteiger partial charge in [-0.1, -0.05) is 12.1 Å². The van der Waals surface area contributed by atoms with Crippen LogP contribution in [0.25, 0.3) is 11.3 Å². The van der Waals surface area contributed by atoms with Gasteiger partial charge >= 0.3 is 0 Å². The average Bonchev–Trinajstić information content (AvgIpc) is 2.93. The molecule has 0 unspecified atom stereocenters. The van der Waals surface area contributed by atoms with E-state index in [0.29, 0.717) is 17.0 Å². The van der Waals surface area contributed by atoms with E-state index in [1.54, 1.807) is 31.2 Å². The zero-order chi connectivity index (χ0) is 20.3. The van der Waals surface area contributed by atoms with Crippen molar-refractivity contribution in [3.05, 3.63) is 53.2 Å². The van der Waals surface area contributed by atoms with Crippen LogP contribution in [0.15, 0.2) is 35.4 Å². The molecule has 1 N–H and O–H groups in total. The van der Waals surface area contributed by atoms with Gasteiger partial charge < -0.3 is 4.74 Å². The number of hydrazone groups is 1. The normalized spacial score (nSPS) is 11.4. The van der Waals surface area contributed by atoms with Crippen LogP contribution in [-0.2, 0) is 7.05 Å². The predicted octanol–water partition coefficient (Wildman–Crippen LogP) is 3.72. The highest BCUT2D eigenvalue weighted by Crippen LogP contribution is 2.27. The summed E-state index contributed by atoms with van der Waals surface area (Å²) in [5.41, 5.74) is 3.46. The molecular formula is C18H17F3N6O. The smallest absolute Gasteiger partial charge is 0.280 e. The van der Waals surface area contributed by atoms with Gasteiger partial charge in [-0.2, -0.15) is 14.6 Å². The van der Waals surface area contributed by atoms with Crippen LogP contribution in [0.2, 0.25) is 0 Å². The van der Waals surface area contributed by atoms with Crippen LogP contribution in [0.1, 0.15) is 23.4 Å². The van der Waals surface area contributed by atoms with Crippen molar-refractivity contribution in [2.45, 2.75) is 13.3 Å². The zero-order valence-electron chi connectivity index (χ0n) is 15.3. The van der Waals surface area contributed by atoms with Gasteiger partial charge in [-0.15, -0.1) is 0 Å². The van der Waals surface area contributed by atoms with E-state index in [0.717, 1.165) is 4.68 Å². The van der Waals surface area contributed by atoms with E-state index in [4.69, 9.17) is 4.74 Å². The first-order valence-electron chi connectivity index (χ1n) is 8.18. The number of aromatic nitrogens is 4. The van der Waals surface area contributed by atoms with E-state index >= 15 is 0 Å². The van der Waals surface area contributed by atoms with Gasteiger partial charge in [0.05, 0.1) is 30.3 Å². The zero-order valence-corrected chi connectivity index (χ0v) is 15.3. The van der Waals surface area contributed by atoms with Gasteiger partial charge in [-0.3, -0.25) is 0 Å². The fraction of sp³-hybridized carbons (Fsp3) is 0.222. The minimum absolute atomic E-state index is 0.145. The molecule has 0 saturated carbocycles. The number of anilines is 1. The molecule has 0 aliphatic carbocycles. The highest BCUT2D eigenvalue weighted by Gasteiger charge is 2.15. The lowest BCUT2D eigenvalue weighted by Gasteiger charge is -2.08. The summed E-state index contributed by atoms with van der Waals surface area (Å²) in [4.78, 5) is 7.95. The number of benzene rings is 1. The van der Waals surface area contributed by atoms with Gasteiger partial charge in [-0.25, -0.2) is 28.9 Å². The number of hydrogen-bond acceptors (Lipinski definition) is 6. The van der Waals surface area contributed by atoms with Gasteiger partial charge in [0.25, 0.3) is 6.43 Å². The fourth-order valence-electron chi connectivity index (χ4n) is 2.51. The maximum Gasteiger partial charge on any atom is 0.280 e. The molecule has 0 saturated heterocycles. The molecule has 0 aliphatic rings. The molecule has 0 bridgehead atoms. The van der Waals surface area contributed by atoms with E-state index in [2.05, 4.69) is 25.6 Å². The number of ether oxygens (including phenoxy) is 1. The maximum atomic E-state index is 13.9. The minimum atomic E-state index is -2.80. The van der Waals surface area contributed by atoms with E-state index in [-0.39, 0.29) is 17.2 Å². The van der Waals surface area contributed by atoms with Crippen LogP contribution in [0.4, 0.5) is 19.1 Å². The van der Waals surface area contributed by atoms with E-state index in [1.807, 2.05) is 0 Å². The summed E-state index contributed by atoms with van der Waals surface area (Å²) in [5.74, 6) is -0.152. The van der Waals surface area contributed by atoms with Crippen molar-refractivity contribution < 1.29 is 17.9 Å². The van der Waals surface area contributed by atoms with Gasteiger partial charge in [0.2, 0.25) is 11.9 Å². The Morgan fingerprint density at radius 3 is 2.68 bits per heavy atom. The van der Waals surface area contributed by atoms with Gasteiger partial charge in [-0.05, 0) is 25.1 Å². The third-order valence-electron chi connectivity index (χ3n) is 3.89. The number of rotatable bonds is 6. The van der Waals surface area contributed by atoms with Crippen molar-refractivity contribution >= 4 is 12.2 Å². The Hall–Kier alpha value is -3.43. The van der Waals surface area contributed by atoms with Crippen LogP contribution >= 0.6 is 0 Å². The summed E-state index contributed by atoms with van der Waals surface area (Å²) in [6, 6.07) is 8.02. The van der Waals surface area contributed by atoms with Crippen LogP contribution in [0.5, 0.6) is 5.75 Å². The third-order valence-corrected chi connectivity index (χ3v) is 3.89. The van der Waals surface area contributed by atoms with Crippen molar-refractivity contribution in [3.63, 3.8) is 0 Å². The predicted molar refractivity (Wildman–Crippen MR) is 98.1 cm³/mol. The summed E-state index contributed by atoms with van der Waals surface area (Å²) in [6.45, 7) is 1.62. The van der Waals surface area contributed by atoms with Crippen molar-refractivity contribution in [1.82, 2.24) is 19.7 Å². The number of nitrogens with one attached hydrogen (secondary N) is 1. The summed E-state index contributed by atoms with van der Waals surface area (Å²) in [7, 11) is 2.97. The Bertz CT molecular complexity index is 1020. The maximum absolute atomic E-state index is 13.9. The van der Waals surface area contributed by atoms with Gasteiger partial charge in [0, 0.05) is 12.6 Å². The highest BCUT2D eigenvalue weighted by molar-refractivity contribution is 5.81. The van der Waals surface area contributed by atoms with Gasteiger partial charge in [0.15, 0.2) is 0 Å². The second-order valence-corrected chi connectivity index (χ2v) is 5.82. The molecule has 0 amide bonds. The molecule has 2 aromatic heterocycles. The molecule has 0 atom stereocenters. The minimum Gasteiger partial charge on any atom is -0.497 e. The first-order chi connectivity index (χ1) is 13.4. The van der Waals surface area contributed by atoms with E-state index in [9.17, 15) is 13.2 Å². The molecule has 146 valence electrons. The Balaban J connectivity index is 1.92. The van der Waals surface area contributed by atoms with Crippen LogP contribution in [0.3, 0.4) is 0 Å². The molecule has 7 nitrogen and oxygen atoms in total. The van der Waals surface area contributed by atoms with Crippen LogP contribution < -0.4 is 10.2 Å². The molecule has 10 heteroatoms. The average molecular weight is 390 g/mol. The highest BCUT2D eigenvalue weighted by atomic mass is 19.3. The van der Waals surface area contributed by atoms with Crippen molar-refractivity contribution in [2.75, 3.05) is 12.5 Å². The number of methoxy groups -OCH3 is 1. The molecule has 1 aromatic carbocycles. The number of aryl methyl sites for hydroxylation is 2. The Labute approximate surface area is 158 Å². The van der Waals surface area contributed by atoms with Crippen LogP contribution in [0, 0.1) is 12.9 Å². The van der Waals surface area contributed by atoms with E-state index < -0.39 is 18.1 Å². The molecule has 3 rings (SSSR count). The molecule has 0 aliphatic heterocycles. The molecule has 0 radical (unpaired) electrons. The molecule has 2 heterocycles. The second-order valence-electron chi connectivity index (χ2n) is 5.82. The second kappa shape index (κ2) is 8.07. The fourth-order valence-corrected chi connectivity index (χ4v) is 2.51. The Morgan fingerprint density at radius 2 is 2.04 bits per heavy atom. The Morgan fingerprint density at radius 1 is 1.25 bits per heavy atom. The number of halogens is 3. The van der Waals surface area contributed by atoms with Crippen molar-refractivity contribution in [1.29, 1.82) is 0 Å². The third kappa shape index (κ3) is 4.11. The van der Waals surface area contributed by atoms with E-state index in [1.165, 1.54) is 26.4 Å². The summed E-state index contributed by atoms with van der Waals surface area (Å²) < 4.78 is 46.6. The lowest BCUT2D eigenvalue weighted by atomic mass is 10.1. The lowest BCUT2D eigenvalue weighted by molar-refractivity contribution is 0.146. The molecule has 0 spiro atoms.